The van der Waals surface area contributed by atoms with E-state index in [-0.39, 0.29) is 5.91 Å². The molecule has 5 heteroatoms. The van der Waals surface area contributed by atoms with Gasteiger partial charge in [-0.05, 0) is 37.0 Å². The lowest BCUT2D eigenvalue weighted by Gasteiger charge is -2.03. The fourth-order valence-electron chi connectivity index (χ4n) is 2.15. The number of aromatic amines is 1. The summed E-state index contributed by atoms with van der Waals surface area (Å²) >= 11 is 1.86. The zero-order valence-corrected chi connectivity index (χ0v) is 12.6. The first-order valence-electron chi connectivity index (χ1n) is 6.86. The smallest absolute Gasteiger partial charge is 0.267 e. The molecule has 4 nitrogen and oxygen atoms in total. The third-order valence-electron chi connectivity index (χ3n) is 3.24. The summed E-state index contributed by atoms with van der Waals surface area (Å²) in [5.41, 5.74) is 7.94. The molecule has 1 aromatic heterocycles. The van der Waals surface area contributed by atoms with Crippen LogP contribution in [0.5, 0.6) is 0 Å². The minimum Gasteiger partial charge on any atom is -0.397 e. The Morgan fingerprint density at radius 2 is 2.20 bits per heavy atom. The average Bonchev–Trinajstić information content (AvgIpc) is 2.88. The van der Waals surface area contributed by atoms with Crippen molar-refractivity contribution >= 4 is 34.3 Å². The molecular formula is C15H21N3OS. The van der Waals surface area contributed by atoms with Gasteiger partial charge in [0.25, 0.3) is 5.91 Å². The van der Waals surface area contributed by atoms with E-state index in [0.717, 1.165) is 30.3 Å². The second-order valence-corrected chi connectivity index (χ2v) is 5.79. The van der Waals surface area contributed by atoms with Crippen molar-refractivity contribution in [1.82, 2.24) is 10.3 Å². The van der Waals surface area contributed by atoms with Crippen LogP contribution in [0.2, 0.25) is 0 Å². The number of aromatic nitrogens is 1. The zero-order valence-electron chi connectivity index (χ0n) is 11.7. The topological polar surface area (TPSA) is 70.9 Å². The number of nitrogens with one attached hydrogen (secondary N) is 2. The van der Waals surface area contributed by atoms with Gasteiger partial charge in [0.2, 0.25) is 0 Å². The van der Waals surface area contributed by atoms with Crippen molar-refractivity contribution in [2.24, 2.45) is 0 Å². The largest absolute Gasteiger partial charge is 0.397 e. The maximum Gasteiger partial charge on any atom is 0.267 e. The van der Waals surface area contributed by atoms with E-state index in [1.54, 1.807) is 0 Å². The molecule has 1 heterocycles. The number of benzene rings is 1. The zero-order chi connectivity index (χ0) is 14.4. The number of hydrogen-bond acceptors (Lipinski definition) is 3. The lowest BCUT2D eigenvalue weighted by Crippen LogP contribution is -2.24. The molecule has 20 heavy (non-hydrogen) atoms. The van der Waals surface area contributed by atoms with Gasteiger partial charge in [0.1, 0.15) is 5.69 Å². The highest BCUT2D eigenvalue weighted by Crippen LogP contribution is 2.20. The van der Waals surface area contributed by atoms with Crippen LogP contribution in [0.25, 0.3) is 10.9 Å². The summed E-state index contributed by atoms with van der Waals surface area (Å²) in [6.45, 7) is 0.720. The Morgan fingerprint density at radius 3 is 2.95 bits per heavy atom. The fraction of sp³-hybridized carbons (Fsp3) is 0.400. The van der Waals surface area contributed by atoms with Crippen molar-refractivity contribution in [1.29, 1.82) is 0 Å². The van der Waals surface area contributed by atoms with Gasteiger partial charge in [-0.3, -0.25) is 4.79 Å². The average molecular weight is 291 g/mol. The highest BCUT2D eigenvalue weighted by atomic mass is 32.2. The SMILES string of the molecule is CSCCCCCNC(=O)c1cc2cccc(N)c2[nH]1. The minimum atomic E-state index is -0.0644. The third kappa shape index (κ3) is 3.70. The Morgan fingerprint density at radius 1 is 1.35 bits per heavy atom. The molecule has 1 amide bonds. The monoisotopic (exact) mass is 291 g/mol. The summed E-state index contributed by atoms with van der Waals surface area (Å²) in [7, 11) is 0. The molecule has 0 bridgehead atoms. The van der Waals surface area contributed by atoms with Crippen molar-refractivity contribution in [3.05, 3.63) is 30.0 Å². The van der Waals surface area contributed by atoms with E-state index in [1.165, 1.54) is 12.2 Å². The highest BCUT2D eigenvalue weighted by molar-refractivity contribution is 7.98. The summed E-state index contributed by atoms with van der Waals surface area (Å²) in [4.78, 5) is 15.1. The molecule has 0 unspecified atom stereocenters. The standard InChI is InChI=1S/C15H21N3OS/c1-20-9-4-2-3-8-17-15(19)13-10-11-6-5-7-12(16)14(11)18-13/h5-7,10,18H,2-4,8-9,16H2,1H3,(H,17,19). The van der Waals surface area contributed by atoms with Crippen LogP contribution in [0.15, 0.2) is 24.3 Å². The highest BCUT2D eigenvalue weighted by Gasteiger charge is 2.09. The number of para-hydroxylation sites is 1. The summed E-state index contributed by atoms with van der Waals surface area (Å²) in [6, 6.07) is 7.50. The Hall–Kier alpha value is -1.62. The van der Waals surface area contributed by atoms with E-state index >= 15 is 0 Å². The van der Waals surface area contributed by atoms with E-state index in [2.05, 4.69) is 16.6 Å². The van der Waals surface area contributed by atoms with Gasteiger partial charge < -0.3 is 16.0 Å². The predicted molar refractivity (Wildman–Crippen MR) is 87.3 cm³/mol. The molecule has 0 fully saturated rings. The first-order chi connectivity index (χ1) is 9.72. The first-order valence-corrected chi connectivity index (χ1v) is 8.26. The van der Waals surface area contributed by atoms with E-state index < -0.39 is 0 Å². The molecule has 0 saturated heterocycles. The number of thioether (sulfide) groups is 1. The van der Waals surface area contributed by atoms with Crippen LogP contribution in [-0.2, 0) is 0 Å². The molecule has 0 spiro atoms. The molecular weight excluding hydrogens is 270 g/mol. The maximum absolute atomic E-state index is 12.0. The molecule has 0 aliphatic heterocycles. The third-order valence-corrected chi connectivity index (χ3v) is 3.94. The lowest BCUT2D eigenvalue weighted by atomic mass is 10.2. The van der Waals surface area contributed by atoms with Gasteiger partial charge in [0.15, 0.2) is 0 Å². The van der Waals surface area contributed by atoms with Crippen LogP contribution in [0.3, 0.4) is 0 Å². The van der Waals surface area contributed by atoms with E-state index in [1.807, 2.05) is 36.0 Å². The van der Waals surface area contributed by atoms with Gasteiger partial charge in [0.05, 0.1) is 11.2 Å². The molecule has 2 aromatic rings. The van der Waals surface area contributed by atoms with Gasteiger partial charge in [-0.15, -0.1) is 0 Å². The normalized spacial score (nSPS) is 10.8. The maximum atomic E-state index is 12.0. The number of hydrogen-bond donors (Lipinski definition) is 3. The van der Waals surface area contributed by atoms with Crippen molar-refractivity contribution in [2.45, 2.75) is 19.3 Å². The number of unbranched alkanes of at least 4 members (excludes halogenated alkanes) is 2. The van der Waals surface area contributed by atoms with Crippen molar-refractivity contribution in [3.63, 3.8) is 0 Å². The van der Waals surface area contributed by atoms with Gasteiger partial charge in [-0.1, -0.05) is 18.6 Å². The molecule has 2 rings (SSSR count). The molecule has 4 N–H and O–H groups in total. The summed E-state index contributed by atoms with van der Waals surface area (Å²) < 4.78 is 0. The molecule has 0 saturated carbocycles. The predicted octanol–water partition coefficient (Wildman–Crippen LogP) is 3.01. The number of carbonyl (C=O) groups excluding carboxylic acids is 1. The van der Waals surface area contributed by atoms with Crippen LogP contribution in [0.4, 0.5) is 5.69 Å². The fourth-order valence-corrected chi connectivity index (χ4v) is 2.64. The number of H-pyrrole nitrogens is 1. The van der Waals surface area contributed by atoms with Crippen LogP contribution in [-0.4, -0.2) is 29.4 Å². The van der Waals surface area contributed by atoms with Crippen LogP contribution in [0, 0.1) is 0 Å². The van der Waals surface area contributed by atoms with Gasteiger partial charge >= 0.3 is 0 Å². The van der Waals surface area contributed by atoms with Crippen LogP contribution < -0.4 is 11.1 Å². The summed E-state index contributed by atoms with van der Waals surface area (Å²) in [6.07, 6.45) is 5.50. The lowest BCUT2D eigenvalue weighted by molar-refractivity contribution is 0.0949. The minimum absolute atomic E-state index is 0.0644. The second-order valence-electron chi connectivity index (χ2n) is 4.80. The first kappa shape index (κ1) is 14.8. The van der Waals surface area contributed by atoms with Gasteiger partial charge in [-0.2, -0.15) is 11.8 Å². The number of rotatable bonds is 7. The van der Waals surface area contributed by atoms with E-state index in [0.29, 0.717) is 11.4 Å². The quantitative estimate of drug-likeness (QED) is 0.542. The summed E-state index contributed by atoms with van der Waals surface area (Å²) in [5.74, 6) is 1.13. The number of carbonyl (C=O) groups is 1. The Labute approximate surface area is 123 Å². The van der Waals surface area contributed by atoms with Crippen molar-refractivity contribution < 1.29 is 4.79 Å². The second kappa shape index (κ2) is 7.24. The van der Waals surface area contributed by atoms with Crippen molar-refractivity contribution in [3.8, 4) is 0 Å². The number of amides is 1. The van der Waals surface area contributed by atoms with Gasteiger partial charge in [0, 0.05) is 11.9 Å². The number of nitrogens with two attached hydrogens (primary N) is 1. The Kier molecular flexibility index (Phi) is 5.35. The van der Waals surface area contributed by atoms with Crippen LogP contribution in [0.1, 0.15) is 29.8 Å². The van der Waals surface area contributed by atoms with E-state index in [9.17, 15) is 4.79 Å². The summed E-state index contributed by atoms with van der Waals surface area (Å²) in [5, 5.41) is 3.91. The number of fused-ring (bicyclic) bond motifs is 1. The van der Waals surface area contributed by atoms with Crippen molar-refractivity contribution in [2.75, 3.05) is 24.3 Å². The molecule has 108 valence electrons. The molecule has 0 aliphatic rings. The molecule has 1 aromatic carbocycles. The van der Waals surface area contributed by atoms with Crippen LogP contribution >= 0.6 is 11.8 Å². The van der Waals surface area contributed by atoms with Gasteiger partial charge in [-0.25, -0.2) is 0 Å². The number of anilines is 1. The molecule has 0 atom stereocenters. The Balaban J connectivity index is 1.86. The van der Waals surface area contributed by atoms with E-state index in [4.69, 9.17) is 5.73 Å². The molecule has 0 aliphatic carbocycles. The molecule has 0 radical (unpaired) electrons. The number of nitrogen functional groups attached to an aromatic ring is 1. The Bertz CT molecular complexity index is 580.